The van der Waals surface area contributed by atoms with E-state index in [-0.39, 0.29) is 17.7 Å². The fourth-order valence-corrected chi connectivity index (χ4v) is 3.87. The molecule has 0 aliphatic heterocycles. The van der Waals surface area contributed by atoms with Gasteiger partial charge >= 0.3 is 0 Å². The van der Waals surface area contributed by atoms with Crippen LogP contribution in [0.25, 0.3) is 10.6 Å². The Balaban J connectivity index is 1.72. The zero-order valence-electron chi connectivity index (χ0n) is 16.8. The molecule has 3 aromatic rings. The Morgan fingerprint density at radius 1 is 1.03 bits per heavy atom. The van der Waals surface area contributed by atoms with Gasteiger partial charge in [0.05, 0.1) is 0 Å². The summed E-state index contributed by atoms with van der Waals surface area (Å²) in [6.45, 7) is 3.94. The summed E-state index contributed by atoms with van der Waals surface area (Å²) in [6.07, 6.45) is 0.764. The molecule has 30 heavy (non-hydrogen) atoms. The van der Waals surface area contributed by atoms with Crippen molar-refractivity contribution in [2.45, 2.75) is 32.7 Å². The monoisotopic (exact) mass is 486 g/mol. The summed E-state index contributed by atoms with van der Waals surface area (Å²) in [6, 6.07) is 16.6. The van der Waals surface area contributed by atoms with Gasteiger partial charge in [0.2, 0.25) is 16.9 Å². The van der Waals surface area contributed by atoms with Crippen molar-refractivity contribution in [2.24, 2.45) is 5.92 Å². The van der Waals surface area contributed by atoms with E-state index in [0.717, 1.165) is 15.6 Å². The highest BCUT2D eigenvalue weighted by Gasteiger charge is 2.23. The van der Waals surface area contributed by atoms with Crippen molar-refractivity contribution < 1.29 is 9.59 Å². The van der Waals surface area contributed by atoms with Gasteiger partial charge in [-0.2, -0.15) is 0 Å². The van der Waals surface area contributed by atoms with Crippen LogP contribution in [0.5, 0.6) is 0 Å². The summed E-state index contributed by atoms with van der Waals surface area (Å²) in [5, 5.41) is 15.0. The number of carbonyl (C=O) groups excluding carboxylic acids is 2. The average Bonchev–Trinajstić information content (AvgIpc) is 3.16. The van der Waals surface area contributed by atoms with Crippen LogP contribution >= 0.6 is 27.3 Å². The van der Waals surface area contributed by atoms with Crippen LogP contribution in [-0.2, 0) is 16.0 Å². The summed E-state index contributed by atoms with van der Waals surface area (Å²) in [5.41, 5.74) is 1.89. The van der Waals surface area contributed by atoms with Gasteiger partial charge in [0.1, 0.15) is 11.0 Å². The van der Waals surface area contributed by atoms with Crippen LogP contribution in [-0.4, -0.2) is 28.1 Å². The first-order chi connectivity index (χ1) is 14.4. The third-order valence-corrected chi connectivity index (χ3v) is 5.69. The lowest BCUT2D eigenvalue weighted by Crippen LogP contribution is -2.45. The smallest absolute Gasteiger partial charge is 0.249 e. The maximum absolute atomic E-state index is 12.9. The highest BCUT2D eigenvalue weighted by Crippen LogP contribution is 2.27. The van der Waals surface area contributed by atoms with E-state index in [2.05, 4.69) is 36.8 Å². The Morgan fingerprint density at radius 2 is 1.73 bits per heavy atom. The van der Waals surface area contributed by atoms with Gasteiger partial charge in [0.25, 0.3) is 0 Å². The summed E-state index contributed by atoms with van der Waals surface area (Å²) in [4.78, 5) is 25.2. The van der Waals surface area contributed by atoms with Crippen LogP contribution in [0.15, 0.2) is 59.1 Å². The first-order valence-electron chi connectivity index (χ1n) is 9.64. The number of anilines is 1. The van der Waals surface area contributed by atoms with E-state index in [1.54, 1.807) is 0 Å². The predicted octanol–water partition coefficient (Wildman–Crippen LogP) is 4.68. The summed E-state index contributed by atoms with van der Waals surface area (Å²) >= 11 is 4.70. The van der Waals surface area contributed by atoms with Gasteiger partial charge in [-0.1, -0.05) is 83.6 Å². The van der Waals surface area contributed by atoms with E-state index < -0.39 is 6.04 Å². The van der Waals surface area contributed by atoms with Gasteiger partial charge in [-0.15, -0.1) is 10.2 Å². The van der Waals surface area contributed by atoms with Gasteiger partial charge in [-0.3, -0.25) is 14.9 Å². The molecular formula is C22H23BrN4O2S. The lowest BCUT2D eigenvalue weighted by Gasteiger charge is -2.18. The third-order valence-electron chi connectivity index (χ3n) is 4.27. The average molecular weight is 487 g/mol. The Labute approximate surface area is 188 Å². The molecule has 1 heterocycles. The van der Waals surface area contributed by atoms with E-state index in [9.17, 15) is 9.59 Å². The van der Waals surface area contributed by atoms with E-state index in [1.807, 2.05) is 68.4 Å². The number of nitrogens with one attached hydrogen (secondary N) is 2. The maximum atomic E-state index is 12.9. The van der Waals surface area contributed by atoms with Crippen molar-refractivity contribution in [2.75, 3.05) is 5.32 Å². The minimum Gasteiger partial charge on any atom is -0.344 e. The number of halogens is 1. The van der Waals surface area contributed by atoms with Crippen LogP contribution in [0.3, 0.4) is 0 Å². The van der Waals surface area contributed by atoms with Crippen molar-refractivity contribution in [3.63, 3.8) is 0 Å². The summed E-state index contributed by atoms with van der Waals surface area (Å²) in [5.74, 6) is -0.245. The van der Waals surface area contributed by atoms with Crippen LogP contribution in [0, 0.1) is 5.92 Å². The number of hydrogen-bond acceptors (Lipinski definition) is 5. The standard InChI is InChI=1S/C22H23BrN4O2S/c1-14(2)12-19(28)24-18(13-15-6-4-3-5-7-15)20(29)25-22-27-26-21(30-22)16-8-10-17(23)11-9-16/h3-11,14,18H,12-13H2,1-2H3,(H,24,28)(H,25,27,29). The molecule has 2 aromatic carbocycles. The van der Waals surface area contributed by atoms with Gasteiger partial charge in [0, 0.05) is 22.9 Å². The topological polar surface area (TPSA) is 84.0 Å². The predicted molar refractivity (Wildman–Crippen MR) is 123 cm³/mol. The lowest BCUT2D eigenvalue weighted by molar-refractivity contribution is -0.127. The number of hydrogen-bond donors (Lipinski definition) is 2. The van der Waals surface area contributed by atoms with Crippen molar-refractivity contribution in [3.8, 4) is 10.6 Å². The van der Waals surface area contributed by atoms with Crippen molar-refractivity contribution in [3.05, 3.63) is 64.6 Å². The van der Waals surface area contributed by atoms with Gasteiger partial charge in [-0.05, 0) is 23.6 Å². The summed E-state index contributed by atoms with van der Waals surface area (Å²) < 4.78 is 0.977. The molecule has 0 bridgehead atoms. The second-order valence-corrected chi connectivity index (χ2v) is 9.21. The van der Waals surface area contributed by atoms with Gasteiger partial charge in [-0.25, -0.2) is 0 Å². The first kappa shape index (κ1) is 22.1. The van der Waals surface area contributed by atoms with E-state index in [0.29, 0.717) is 23.0 Å². The molecule has 0 spiro atoms. The number of carbonyl (C=O) groups is 2. The number of aromatic nitrogens is 2. The molecule has 1 atom stereocenters. The fraction of sp³-hybridized carbons (Fsp3) is 0.273. The highest BCUT2D eigenvalue weighted by molar-refractivity contribution is 9.10. The molecule has 0 fully saturated rings. The molecule has 156 valence electrons. The number of nitrogens with zero attached hydrogens (tertiary/aromatic N) is 2. The van der Waals surface area contributed by atoms with E-state index >= 15 is 0 Å². The number of rotatable bonds is 8. The fourth-order valence-electron chi connectivity index (χ4n) is 2.86. The maximum Gasteiger partial charge on any atom is 0.249 e. The molecule has 1 aromatic heterocycles. The lowest BCUT2D eigenvalue weighted by atomic mass is 10.0. The minimum absolute atomic E-state index is 0.145. The Kier molecular flexibility index (Phi) is 7.70. The third kappa shape index (κ3) is 6.47. The first-order valence-corrected chi connectivity index (χ1v) is 11.2. The van der Waals surface area contributed by atoms with Crippen LogP contribution in [0.1, 0.15) is 25.8 Å². The minimum atomic E-state index is -0.696. The van der Waals surface area contributed by atoms with Crippen LogP contribution < -0.4 is 10.6 Å². The van der Waals surface area contributed by atoms with E-state index in [1.165, 1.54) is 11.3 Å². The molecule has 6 nitrogen and oxygen atoms in total. The second-order valence-electron chi connectivity index (χ2n) is 7.32. The normalized spacial score (nSPS) is 11.9. The molecule has 0 radical (unpaired) electrons. The molecule has 1 unspecified atom stereocenters. The quantitative estimate of drug-likeness (QED) is 0.483. The molecule has 8 heteroatoms. The molecule has 0 saturated heterocycles. The molecule has 0 aliphatic carbocycles. The molecule has 2 amide bonds. The van der Waals surface area contributed by atoms with Crippen LogP contribution in [0.2, 0.25) is 0 Å². The zero-order valence-corrected chi connectivity index (χ0v) is 19.2. The van der Waals surface area contributed by atoms with Crippen molar-refractivity contribution in [1.29, 1.82) is 0 Å². The van der Waals surface area contributed by atoms with E-state index in [4.69, 9.17) is 0 Å². The Bertz CT molecular complexity index is 990. The number of amides is 2. The number of benzene rings is 2. The van der Waals surface area contributed by atoms with Crippen molar-refractivity contribution >= 4 is 44.2 Å². The molecular weight excluding hydrogens is 464 g/mol. The van der Waals surface area contributed by atoms with Crippen molar-refractivity contribution in [1.82, 2.24) is 15.5 Å². The van der Waals surface area contributed by atoms with Gasteiger partial charge in [0.15, 0.2) is 0 Å². The highest BCUT2D eigenvalue weighted by atomic mass is 79.9. The molecule has 0 saturated carbocycles. The zero-order chi connectivity index (χ0) is 21.5. The molecule has 0 aliphatic rings. The molecule has 2 N–H and O–H groups in total. The largest absolute Gasteiger partial charge is 0.344 e. The Morgan fingerprint density at radius 3 is 2.40 bits per heavy atom. The Hall–Kier alpha value is -2.58. The van der Waals surface area contributed by atoms with Gasteiger partial charge < -0.3 is 5.32 Å². The van der Waals surface area contributed by atoms with Crippen LogP contribution in [0.4, 0.5) is 5.13 Å². The summed E-state index contributed by atoms with van der Waals surface area (Å²) in [7, 11) is 0. The SMILES string of the molecule is CC(C)CC(=O)NC(Cc1ccccc1)C(=O)Nc1nnc(-c2ccc(Br)cc2)s1. The molecule has 3 rings (SSSR count). The second kappa shape index (κ2) is 10.4.